The Morgan fingerprint density at radius 1 is 0.608 bits per heavy atom. The summed E-state index contributed by atoms with van der Waals surface area (Å²) in [6.45, 7) is 3.50. The predicted octanol–water partition coefficient (Wildman–Crippen LogP) is 10.7. The summed E-state index contributed by atoms with van der Waals surface area (Å²) in [4.78, 5) is 34.7. The zero-order valence-electron chi connectivity index (χ0n) is 31.8. The Morgan fingerprint density at radius 2 is 1.08 bits per heavy atom. The number of esters is 2. The number of hydrogen-bond acceptors (Lipinski definition) is 8. The molecule has 0 aliphatic rings. The number of phosphoric acid groups is 1. The van der Waals surface area contributed by atoms with Gasteiger partial charge in [0.25, 0.3) is 0 Å². The summed E-state index contributed by atoms with van der Waals surface area (Å²) in [5.74, 6) is -0.882. The molecule has 0 aromatic rings. The summed E-state index contributed by atoms with van der Waals surface area (Å²) in [6, 6.07) is 0. The first-order valence-electron chi connectivity index (χ1n) is 19.5. The topological polar surface area (TPSA) is 134 Å². The number of phosphoric ester groups is 1. The molecule has 292 valence electrons. The Hall–Kier alpha value is -2.55. The van der Waals surface area contributed by atoms with E-state index in [1.165, 1.54) is 25.7 Å². The van der Waals surface area contributed by atoms with Crippen LogP contribution in [-0.2, 0) is 32.7 Å². The molecule has 0 spiro atoms. The standard InChI is InChI=1S/C41H70NO8P/c1-3-5-7-9-11-13-15-17-19-21-23-25-27-29-31-33-40(43)47-37-39(38-49-51(45,46)48-36-35-42)50-41(44)34-32-30-28-26-24-22-20-18-16-14-12-10-8-6-4-2/h6,8,10,12-20,39H,3-5,7,9,11,21-38,42H2,1-2H3,(H,45,46)/b8-6+,12-10+,15-13+,16-14+,19-17+,20-18+/t39-/m1/s1. The molecule has 0 aliphatic heterocycles. The van der Waals surface area contributed by atoms with Gasteiger partial charge in [-0.3, -0.25) is 18.6 Å². The highest BCUT2D eigenvalue weighted by molar-refractivity contribution is 7.47. The van der Waals surface area contributed by atoms with Crippen molar-refractivity contribution in [2.24, 2.45) is 5.73 Å². The molecule has 10 heteroatoms. The van der Waals surface area contributed by atoms with E-state index < -0.39 is 32.5 Å². The van der Waals surface area contributed by atoms with Gasteiger partial charge in [-0.05, 0) is 57.8 Å². The van der Waals surface area contributed by atoms with Gasteiger partial charge in [0.2, 0.25) is 0 Å². The summed E-state index contributed by atoms with van der Waals surface area (Å²) in [7, 11) is -4.39. The second kappa shape index (κ2) is 37.2. The predicted molar refractivity (Wildman–Crippen MR) is 210 cm³/mol. The van der Waals surface area contributed by atoms with E-state index in [9.17, 15) is 19.0 Å². The quantitative estimate of drug-likeness (QED) is 0.0282. The van der Waals surface area contributed by atoms with Crippen LogP contribution >= 0.6 is 7.82 Å². The average molecular weight is 736 g/mol. The SMILES string of the molecule is CC/C=C/C=C/C=C/C=C/CCCCCCCC(=O)O[C@H](COC(=O)CCCCCCC/C=C/C=C/CCCCCC)COP(=O)(O)OCCN. The van der Waals surface area contributed by atoms with E-state index in [2.05, 4.69) is 56.4 Å². The first-order valence-corrected chi connectivity index (χ1v) is 21.0. The molecular formula is C41H70NO8P. The molecular weight excluding hydrogens is 665 g/mol. The van der Waals surface area contributed by atoms with Crippen molar-refractivity contribution in [3.05, 3.63) is 72.9 Å². The van der Waals surface area contributed by atoms with Crippen molar-refractivity contribution in [3.63, 3.8) is 0 Å². The summed E-state index contributed by atoms with van der Waals surface area (Å²) in [6.07, 6.45) is 43.5. The van der Waals surface area contributed by atoms with Crippen molar-refractivity contribution < 1.29 is 37.6 Å². The first kappa shape index (κ1) is 48.5. The van der Waals surface area contributed by atoms with E-state index >= 15 is 0 Å². The Labute approximate surface area is 310 Å². The van der Waals surface area contributed by atoms with Crippen LogP contribution < -0.4 is 5.73 Å². The van der Waals surface area contributed by atoms with Gasteiger partial charge in [0.15, 0.2) is 6.10 Å². The number of hydrogen-bond donors (Lipinski definition) is 2. The van der Waals surface area contributed by atoms with Crippen molar-refractivity contribution in [1.29, 1.82) is 0 Å². The lowest BCUT2D eigenvalue weighted by Crippen LogP contribution is -2.29. The minimum Gasteiger partial charge on any atom is -0.462 e. The lowest BCUT2D eigenvalue weighted by atomic mass is 10.1. The fourth-order valence-corrected chi connectivity index (χ4v) is 5.58. The fraction of sp³-hybridized carbons (Fsp3) is 0.659. The third kappa shape index (κ3) is 37.0. The van der Waals surface area contributed by atoms with Gasteiger partial charge >= 0.3 is 19.8 Å². The number of unbranched alkanes of at least 4 members (excludes halogenated alkanes) is 14. The van der Waals surface area contributed by atoms with Crippen LogP contribution in [0, 0.1) is 0 Å². The van der Waals surface area contributed by atoms with Gasteiger partial charge in [-0.15, -0.1) is 0 Å². The molecule has 0 aliphatic carbocycles. The third-order valence-electron chi connectivity index (χ3n) is 7.70. The number of nitrogens with two attached hydrogens (primary N) is 1. The van der Waals surface area contributed by atoms with Gasteiger partial charge in [-0.25, -0.2) is 4.57 Å². The average Bonchev–Trinajstić information content (AvgIpc) is 3.11. The van der Waals surface area contributed by atoms with Gasteiger partial charge in [-0.2, -0.15) is 0 Å². The largest absolute Gasteiger partial charge is 0.472 e. The molecule has 51 heavy (non-hydrogen) atoms. The maximum absolute atomic E-state index is 12.5. The van der Waals surface area contributed by atoms with Crippen molar-refractivity contribution in [3.8, 4) is 0 Å². The number of carbonyl (C=O) groups excluding carboxylic acids is 2. The molecule has 0 radical (unpaired) electrons. The molecule has 1 unspecified atom stereocenters. The minimum atomic E-state index is -4.39. The normalized spacial score (nSPS) is 14.2. The molecule has 0 aromatic carbocycles. The lowest BCUT2D eigenvalue weighted by molar-refractivity contribution is -0.161. The summed E-state index contributed by atoms with van der Waals surface area (Å²) < 4.78 is 32.6. The smallest absolute Gasteiger partial charge is 0.462 e. The lowest BCUT2D eigenvalue weighted by Gasteiger charge is -2.19. The zero-order valence-corrected chi connectivity index (χ0v) is 32.7. The summed E-state index contributed by atoms with van der Waals surface area (Å²) >= 11 is 0. The van der Waals surface area contributed by atoms with Crippen molar-refractivity contribution in [2.45, 2.75) is 148 Å². The molecule has 0 saturated carbocycles. The first-order chi connectivity index (χ1) is 24.8. The highest BCUT2D eigenvalue weighted by Crippen LogP contribution is 2.43. The van der Waals surface area contributed by atoms with Gasteiger partial charge in [0, 0.05) is 19.4 Å². The number of allylic oxidation sites excluding steroid dienone is 12. The monoisotopic (exact) mass is 735 g/mol. The second-order valence-corrected chi connectivity index (χ2v) is 14.0. The molecule has 0 heterocycles. The second-order valence-electron chi connectivity index (χ2n) is 12.5. The maximum Gasteiger partial charge on any atom is 0.472 e. The Balaban J connectivity index is 4.31. The van der Waals surface area contributed by atoms with Crippen molar-refractivity contribution in [1.82, 2.24) is 0 Å². The van der Waals surface area contributed by atoms with E-state index in [4.69, 9.17) is 24.3 Å². The molecule has 0 rings (SSSR count). The van der Waals surface area contributed by atoms with Gasteiger partial charge in [-0.1, -0.05) is 145 Å². The van der Waals surface area contributed by atoms with Crippen LogP contribution in [-0.4, -0.2) is 49.3 Å². The van der Waals surface area contributed by atoms with Crippen LogP contribution in [0.25, 0.3) is 0 Å². The number of ether oxygens (including phenoxy) is 2. The van der Waals surface area contributed by atoms with Crippen LogP contribution in [0.5, 0.6) is 0 Å². The maximum atomic E-state index is 12.5. The molecule has 0 fully saturated rings. The number of rotatable bonds is 35. The molecule has 0 aromatic heterocycles. The van der Waals surface area contributed by atoms with Crippen LogP contribution in [0.3, 0.4) is 0 Å². The third-order valence-corrected chi connectivity index (χ3v) is 8.68. The minimum absolute atomic E-state index is 0.0428. The van der Waals surface area contributed by atoms with Crippen LogP contribution in [0.1, 0.15) is 142 Å². The highest BCUT2D eigenvalue weighted by atomic mass is 31.2. The fourth-order valence-electron chi connectivity index (χ4n) is 4.81. The molecule has 0 bridgehead atoms. The number of carbonyl (C=O) groups is 2. The van der Waals surface area contributed by atoms with Gasteiger partial charge in [0.1, 0.15) is 6.61 Å². The molecule has 9 nitrogen and oxygen atoms in total. The Morgan fingerprint density at radius 3 is 1.63 bits per heavy atom. The summed E-state index contributed by atoms with van der Waals surface area (Å²) in [5.41, 5.74) is 5.33. The molecule has 0 amide bonds. The highest BCUT2D eigenvalue weighted by Gasteiger charge is 2.25. The van der Waals surface area contributed by atoms with Crippen molar-refractivity contribution >= 4 is 19.8 Å². The van der Waals surface area contributed by atoms with E-state index in [1.54, 1.807) is 0 Å². The van der Waals surface area contributed by atoms with Crippen LogP contribution in [0.4, 0.5) is 0 Å². The van der Waals surface area contributed by atoms with Gasteiger partial charge < -0.3 is 20.1 Å². The zero-order chi connectivity index (χ0) is 37.5. The van der Waals surface area contributed by atoms with Crippen molar-refractivity contribution in [2.75, 3.05) is 26.4 Å². The van der Waals surface area contributed by atoms with Gasteiger partial charge in [0.05, 0.1) is 13.2 Å². The summed E-state index contributed by atoms with van der Waals surface area (Å²) in [5, 5.41) is 0. The van der Waals surface area contributed by atoms with E-state index in [0.717, 1.165) is 77.0 Å². The van der Waals surface area contributed by atoms with Crippen LogP contribution in [0.2, 0.25) is 0 Å². The Bertz CT molecular complexity index is 1070. The van der Waals surface area contributed by atoms with E-state index in [0.29, 0.717) is 12.8 Å². The Kier molecular flexibility index (Phi) is 35.4. The van der Waals surface area contributed by atoms with Crippen LogP contribution in [0.15, 0.2) is 72.9 Å². The molecule has 0 saturated heterocycles. The van der Waals surface area contributed by atoms with E-state index in [-0.39, 0.29) is 32.6 Å². The molecule has 3 N–H and O–H groups in total. The molecule has 2 atom stereocenters. The van der Waals surface area contributed by atoms with E-state index in [1.807, 2.05) is 30.4 Å².